The van der Waals surface area contributed by atoms with Crippen molar-refractivity contribution >= 4 is 11.4 Å². The topological polar surface area (TPSA) is 75.0 Å². The zero-order chi connectivity index (χ0) is 14.0. The van der Waals surface area contributed by atoms with E-state index in [-0.39, 0.29) is 6.04 Å². The summed E-state index contributed by atoms with van der Waals surface area (Å²) >= 11 is 0. The van der Waals surface area contributed by atoms with Crippen LogP contribution in [0.3, 0.4) is 0 Å². The van der Waals surface area contributed by atoms with Crippen molar-refractivity contribution in [3.8, 4) is 6.07 Å². The minimum absolute atomic E-state index is 0.0636. The summed E-state index contributed by atoms with van der Waals surface area (Å²) in [5, 5.41) is 12.3. The van der Waals surface area contributed by atoms with Crippen LogP contribution < -0.4 is 11.1 Å². The van der Waals surface area contributed by atoms with E-state index in [1.807, 2.05) is 39.0 Å². The molecule has 2 aromatic rings. The molecule has 0 bridgehead atoms. The van der Waals surface area contributed by atoms with Crippen molar-refractivity contribution in [2.75, 3.05) is 11.1 Å². The number of nitrogen functional groups attached to an aromatic ring is 1. The molecule has 4 heteroatoms. The molecule has 0 fully saturated rings. The van der Waals surface area contributed by atoms with Crippen LogP contribution in [0.2, 0.25) is 0 Å². The Hall–Kier alpha value is -2.41. The van der Waals surface area contributed by atoms with Crippen LogP contribution in [-0.2, 0) is 0 Å². The van der Waals surface area contributed by atoms with Crippen molar-refractivity contribution in [1.29, 1.82) is 5.26 Å². The van der Waals surface area contributed by atoms with E-state index >= 15 is 0 Å². The lowest BCUT2D eigenvalue weighted by atomic mass is 10.1. The number of hydrogen-bond acceptors (Lipinski definition) is 4. The van der Waals surface area contributed by atoms with Crippen LogP contribution >= 0.6 is 0 Å². The van der Waals surface area contributed by atoms with Crippen molar-refractivity contribution in [3.05, 3.63) is 46.9 Å². The average Bonchev–Trinajstić information content (AvgIpc) is 2.71. The van der Waals surface area contributed by atoms with Gasteiger partial charge in [0.05, 0.1) is 23.0 Å². The molecule has 0 saturated heterocycles. The van der Waals surface area contributed by atoms with E-state index in [1.165, 1.54) is 0 Å². The maximum Gasteiger partial charge on any atom is 0.106 e. The van der Waals surface area contributed by atoms with Gasteiger partial charge >= 0.3 is 0 Å². The second-order valence-electron chi connectivity index (χ2n) is 4.61. The Bertz CT molecular complexity index is 637. The Morgan fingerprint density at radius 3 is 2.68 bits per heavy atom. The van der Waals surface area contributed by atoms with Crippen LogP contribution in [0.15, 0.2) is 28.7 Å². The molecule has 2 rings (SSSR count). The summed E-state index contributed by atoms with van der Waals surface area (Å²) in [5.41, 5.74) is 8.78. The summed E-state index contributed by atoms with van der Waals surface area (Å²) in [5.74, 6) is 1.78. The fourth-order valence-corrected chi connectivity index (χ4v) is 2.18. The molecule has 98 valence electrons. The highest BCUT2D eigenvalue weighted by molar-refractivity contribution is 5.73. The largest absolute Gasteiger partial charge is 0.466 e. The highest BCUT2D eigenvalue weighted by atomic mass is 16.3. The van der Waals surface area contributed by atoms with Crippen LogP contribution in [0, 0.1) is 25.2 Å². The van der Waals surface area contributed by atoms with Crippen molar-refractivity contribution in [2.45, 2.75) is 26.8 Å². The predicted octanol–water partition coefficient (Wildman–Crippen LogP) is 3.52. The summed E-state index contributed by atoms with van der Waals surface area (Å²) in [6.45, 7) is 5.90. The molecule has 19 heavy (non-hydrogen) atoms. The fourth-order valence-electron chi connectivity index (χ4n) is 2.18. The first-order chi connectivity index (χ1) is 9.02. The van der Waals surface area contributed by atoms with Crippen molar-refractivity contribution in [2.24, 2.45) is 0 Å². The van der Waals surface area contributed by atoms with Gasteiger partial charge in [-0.05, 0) is 39.0 Å². The quantitative estimate of drug-likeness (QED) is 0.823. The molecule has 1 aromatic heterocycles. The Labute approximate surface area is 112 Å². The van der Waals surface area contributed by atoms with Gasteiger partial charge in [0.25, 0.3) is 0 Å². The smallest absolute Gasteiger partial charge is 0.106 e. The van der Waals surface area contributed by atoms with E-state index in [4.69, 9.17) is 15.4 Å². The molecular weight excluding hydrogens is 238 g/mol. The Morgan fingerprint density at radius 2 is 2.11 bits per heavy atom. The number of aryl methyl sites for hydroxylation is 2. The van der Waals surface area contributed by atoms with Gasteiger partial charge in [0.1, 0.15) is 17.6 Å². The summed E-state index contributed by atoms with van der Waals surface area (Å²) in [7, 11) is 0. The second-order valence-corrected chi connectivity index (χ2v) is 4.61. The number of nitrogens with two attached hydrogens (primary N) is 1. The molecule has 1 unspecified atom stereocenters. The van der Waals surface area contributed by atoms with Gasteiger partial charge in [0.15, 0.2) is 0 Å². The normalized spacial score (nSPS) is 11.9. The van der Waals surface area contributed by atoms with E-state index in [0.29, 0.717) is 11.3 Å². The highest BCUT2D eigenvalue weighted by Crippen LogP contribution is 2.29. The first-order valence-electron chi connectivity index (χ1n) is 6.15. The average molecular weight is 255 g/mol. The molecule has 0 amide bonds. The van der Waals surface area contributed by atoms with Gasteiger partial charge in [-0.15, -0.1) is 0 Å². The molecule has 3 N–H and O–H groups in total. The number of anilines is 2. The first-order valence-corrected chi connectivity index (χ1v) is 6.15. The van der Waals surface area contributed by atoms with E-state index in [0.717, 1.165) is 22.8 Å². The van der Waals surface area contributed by atoms with Gasteiger partial charge in [-0.3, -0.25) is 0 Å². The van der Waals surface area contributed by atoms with E-state index in [2.05, 4.69) is 11.4 Å². The molecule has 1 aromatic carbocycles. The summed E-state index contributed by atoms with van der Waals surface area (Å²) in [6.07, 6.45) is 0. The molecule has 0 spiro atoms. The van der Waals surface area contributed by atoms with Crippen LogP contribution in [-0.4, -0.2) is 0 Å². The standard InChI is InChI=1S/C15H17N3O/c1-9-7-13(11(3)19-9)10(2)18-14-6-4-5-12(8-16)15(14)17/h4-7,10,18H,17H2,1-3H3. The Kier molecular flexibility index (Phi) is 3.48. The zero-order valence-electron chi connectivity index (χ0n) is 11.3. The Balaban J connectivity index is 2.27. The number of benzene rings is 1. The zero-order valence-corrected chi connectivity index (χ0v) is 11.3. The SMILES string of the molecule is Cc1cc(C(C)Nc2cccc(C#N)c2N)c(C)o1. The molecule has 4 nitrogen and oxygen atoms in total. The third-order valence-corrected chi connectivity index (χ3v) is 3.14. The van der Waals surface area contributed by atoms with E-state index in [1.54, 1.807) is 6.07 Å². The summed E-state index contributed by atoms with van der Waals surface area (Å²) in [6, 6.07) is 9.55. The number of nitrogens with one attached hydrogen (secondary N) is 1. The monoisotopic (exact) mass is 255 g/mol. The third kappa shape index (κ3) is 2.55. The summed E-state index contributed by atoms with van der Waals surface area (Å²) in [4.78, 5) is 0. The minimum Gasteiger partial charge on any atom is -0.466 e. The van der Waals surface area contributed by atoms with Crippen molar-refractivity contribution in [1.82, 2.24) is 0 Å². The number of nitrogens with zero attached hydrogens (tertiary/aromatic N) is 1. The summed E-state index contributed by atoms with van der Waals surface area (Å²) < 4.78 is 5.52. The van der Waals surface area contributed by atoms with Crippen molar-refractivity contribution < 1.29 is 4.42 Å². The van der Waals surface area contributed by atoms with Gasteiger partial charge in [-0.2, -0.15) is 5.26 Å². The van der Waals surface area contributed by atoms with Crippen LogP contribution in [0.1, 0.15) is 35.6 Å². The van der Waals surface area contributed by atoms with E-state index < -0.39 is 0 Å². The number of nitriles is 1. The van der Waals surface area contributed by atoms with Crippen LogP contribution in [0.5, 0.6) is 0 Å². The molecule has 0 saturated carbocycles. The maximum atomic E-state index is 8.97. The lowest BCUT2D eigenvalue weighted by Gasteiger charge is -2.16. The van der Waals surface area contributed by atoms with Gasteiger partial charge in [0, 0.05) is 5.56 Å². The van der Waals surface area contributed by atoms with Gasteiger partial charge in [0.2, 0.25) is 0 Å². The van der Waals surface area contributed by atoms with Crippen molar-refractivity contribution in [3.63, 3.8) is 0 Å². The predicted molar refractivity (Wildman–Crippen MR) is 75.8 cm³/mol. The fraction of sp³-hybridized carbons (Fsp3) is 0.267. The highest BCUT2D eigenvalue weighted by Gasteiger charge is 2.14. The molecule has 1 heterocycles. The number of para-hydroxylation sites is 1. The maximum absolute atomic E-state index is 8.97. The van der Waals surface area contributed by atoms with Crippen LogP contribution in [0.4, 0.5) is 11.4 Å². The molecule has 1 atom stereocenters. The lowest BCUT2D eigenvalue weighted by molar-refractivity contribution is 0.500. The van der Waals surface area contributed by atoms with Gasteiger partial charge in [-0.25, -0.2) is 0 Å². The molecule has 0 radical (unpaired) electrons. The second kappa shape index (κ2) is 5.07. The van der Waals surface area contributed by atoms with Crippen LogP contribution in [0.25, 0.3) is 0 Å². The molecule has 0 aliphatic carbocycles. The Morgan fingerprint density at radius 1 is 1.37 bits per heavy atom. The van der Waals surface area contributed by atoms with Gasteiger partial charge in [-0.1, -0.05) is 6.07 Å². The third-order valence-electron chi connectivity index (χ3n) is 3.14. The lowest BCUT2D eigenvalue weighted by Crippen LogP contribution is -2.09. The van der Waals surface area contributed by atoms with Gasteiger partial charge < -0.3 is 15.5 Å². The number of rotatable bonds is 3. The first kappa shape index (κ1) is 13.0. The van der Waals surface area contributed by atoms with E-state index in [9.17, 15) is 0 Å². The number of furan rings is 1. The minimum atomic E-state index is 0.0636. The molecule has 0 aliphatic rings. The molecular formula is C15H17N3O. The molecule has 0 aliphatic heterocycles. The number of hydrogen-bond donors (Lipinski definition) is 2.